The Morgan fingerprint density at radius 2 is 1.66 bits per heavy atom. The highest BCUT2D eigenvalue weighted by Crippen LogP contribution is 2.25. The zero-order chi connectivity index (χ0) is 24.6. The van der Waals surface area contributed by atoms with Crippen LogP contribution < -0.4 is 16.1 Å². The van der Waals surface area contributed by atoms with Gasteiger partial charge in [0.2, 0.25) is 10.0 Å². The van der Waals surface area contributed by atoms with E-state index in [9.17, 15) is 13.2 Å². The predicted molar refractivity (Wildman–Crippen MR) is 133 cm³/mol. The molecular weight excluding hydrogens is 490 g/mol. The van der Waals surface area contributed by atoms with Gasteiger partial charge < -0.3 is 9.15 Å². The van der Waals surface area contributed by atoms with Crippen molar-refractivity contribution in [3.8, 4) is 17.0 Å². The maximum atomic E-state index is 12.9. The third-order valence-corrected chi connectivity index (χ3v) is 7.92. The van der Waals surface area contributed by atoms with Crippen LogP contribution in [0.4, 0.5) is 0 Å². The van der Waals surface area contributed by atoms with Crippen LogP contribution >= 0.6 is 11.6 Å². The number of hydrogen-bond acceptors (Lipinski definition) is 5. The standard InChI is InChI=1S/C25H22ClN3O5S/c1-17-23(25(30)29(27-17)20-6-4-19(26)5-7-20)16-21-8-11-24(34-21)18-2-9-22(10-3-18)35(31,32)28-12-14-33-15-13-28/h2-11,16,27H,1,12-15H2/b23-16-. The number of hydrogen-bond donors (Lipinski definition) is 1. The van der Waals surface area contributed by atoms with Crippen LogP contribution in [0.3, 0.4) is 0 Å². The van der Waals surface area contributed by atoms with Gasteiger partial charge in [-0.25, -0.2) is 13.1 Å². The van der Waals surface area contributed by atoms with Gasteiger partial charge >= 0.3 is 0 Å². The molecule has 0 amide bonds. The van der Waals surface area contributed by atoms with Crippen LogP contribution in [0.15, 0.2) is 74.8 Å². The first-order valence-electron chi connectivity index (χ1n) is 10.9. The van der Waals surface area contributed by atoms with Gasteiger partial charge in [-0.15, -0.1) is 0 Å². The monoisotopic (exact) mass is 511 g/mol. The second kappa shape index (κ2) is 9.35. The molecule has 0 spiro atoms. The van der Waals surface area contributed by atoms with Crippen molar-refractivity contribution in [3.05, 3.63) is 92.4 Å². The van der Waals surface area contributed by atoms with Crippen LogP contribution in [0.1, 0.15) is 5.76 Å². The Labute approximate surface area is 206 Å². The van der Waals surface area contributed by atoms with Gasteiger partial charge in [-0.05, 0) is 66.7 Å². The van der Waals surface area contributed by atoms with Gasteiger partial charge in [0, 0.05) is 23.7 Å². The molecule has 0 saturated carbocycles. The van der Waals surface area contributed by atoms with Gasteiger partial charge in [-0.3, -0.25) is 9.89 Å². The van der Waals surface area contributed by atoms with Crippen molar-refractivity contribution < 1.29 is 17.6 Å². The van der Waals surface area contributed by atoms with E-state index >= 15 is 0 Å². The fourth-order valence-corrected chi connectivity index (χ4v) is 5.41. The summed E-state index contributed by atoms with van der Waals surface area (Å²) in [5.41, 5.74) is 1.08. The molecule has 0 bridgehead atoms. The highest BCUT2D eigenvalue weighted by Gasteiger charge is 2.26. The smallest absolute Gasteiger partial charge is 0.279 e. The zero-order valence-corrected chi connectivity index (χ0v) is 20.2. The van der Waals surface area contributed by atoms with Crippen LogP contribution in [0.5, 0.6) is 0 Å². The molecule has 3 heterocycles. The molecule has 5 rings (SSSR count). The SMILES string of the molecule is C=c1[nH]n(-c2ccc(Cl)cc2)c(=O)/c1=C\c1ccc(-c2ccc(S(=O)(=O)N3CCOCC3)cc2)o1. The Hall–Kier alpha value is -3.37. The number of nitrogens with one attached hydrogen (secondary N) is 1. The minimum Gasteiger partial charge on any atom is -0.457 e. The molecule has 1 saturated heterocycles. The van der Waals surface area contributed by atoms with Gasteiger partial charge in [0.15, 0.2) is 0 Å². The summed E-state index contributed by atoms with van der Waals surface area (Å²) in [6.45, 7) is 5.40. The van der Waals surface area contributed by atoms with Crippen LogP contribution in [-0.4, -0.2) is 48.8 Å². The molecule has 1 fully saturated rings. The molecule has 35 heavy (non-hydrogen) atoms. The Bertz CT molecular complexity index is 1630. The van der Waals surface area contributed by atoms with E-state index < -0.39 is 10.0 Å². The highest BCUT2D eigenvalue weighted by molar-refractivity contribution is 7.89. The molecule has 1 aliphatic heterocycles. The van der Waals surface area contributed by atoms with Crippen LogP contribution in [0.25, 0.3) is 29.7 Å². The molecule has 4 aromatic rings. The van der Waals surface area contributed by atoms with E-state index in [0.717, 1.165) is 0 Å². The minimum atomic E-state index is -3.57. The Balaban J connectivity index is 1.42. The van der Waals surface area contributed by atoms with E-state index in [2.05, 4.69) is 11.7 Å². The number of halogens is 1. The molecule has 0 aliphatic carbocycles. The third-order valence-electron chi connectivity index (χ3n) is 5.75. The van der Waals surface area contributed by atoms with E-state index in [4.69, 9.17) is 20.8 Å². The summed E-state index contributed by atoms with van der Waals surface area (Å²) in [6, 6.07) is 16.9. The predicted octanol–water partition coefficient (Wildman–Crippen LogP) is 2.34. The lowest BCUT2D eigenvalue weighted by atomic mass is 10.2. The van der Waals surface area contributed by atoms with Crippen molar-refractivity contribution in [2.75, 3.05) is 26.3 Å². The molecule has 0 unspecified atom stereocenters. The Morgan fingerprint density at radius 3 is 2.34 bits per heavy atom. The lowest BCUT2D eigenvalue weighted by molar-refractivity contribution is 0.0730. The maximum absolute atomic E-state index is 12.9. The van der Waals surface area contributed by atoms with Gasteiger partial charge in [0.25, 0.3) is 5.56 Å². The van der Waals surface area contributed by atoms with Crippen molar-refractivity contribution in [1.82, 2.24) is 14.1 Å². The number of H-pyrrole nitrogens is 1. The molecule has 0 atom stereocenters. The molecule has 0 radical (unpaired) electrons. The largest absolute Gasteiger partial charge is 0.457 e. The fourth-order valence-electron chi connectivity index (χ4n) is 3.87. The number of furan rings is 1. The van der Waals surface area contributed by atoms with Crippen molar-refractivity contribution in [3.63, 3.8) is 0 Å². The Morgan fingerprint density at radius 1 is 0.971 bits per heavy atom. The number of sulfonamides is 1. The number of nitrogens with zero attached hydrogens (tertiary/aromatic N) is 2. The van der Waals surface area contributed by atoms with Crippen molar-refractivity contribution >= 4 is 34.3 Å². The molecule has 1 N–H and O–H groups in total. The quantitative estimate of drug-likeness (QED) is 0.443. The summed E-state index contributed by atoms with van der Waals surface area (Å²) in [4.78, 5) is 13.2. The summed E-state index contributed by atoms with van der Waals surface area (Å²) < 4.78 is 39.6. The first-order valence-corrected chi connectivity index (χ1v) is 12.7. The normalized spacial score (nSPS) is 15.5. The minimum absolute atomic E-state index is 0.221. The maximum Gasteiger partial charge on any atom is 0.279 e. The number of aromatic amines is 1. The summed E-state index contributed by atoms with van der Waals surface area (Å²) >= 11 is 5.94. The van der Waals surface area contributed by atoms with E-state index in [-0.39, 0.29) is 10.5 Å². The fraction of sp³-hybridized carbons (Fsp3) is 0.160. The molecule has 2 aromatic carbocycles. The van der Waals surface area contributed by atoms with Gasteiger partial charge in [-0.2, -0.15) is 4.31 Å². The van der Waals surface area contributed by atoms with Crippen LogP contribution in [0, 0.1) is 0 Å². The third kappa shape index (κ3) is 4.63. The summed E-state index contributed by atoms with van der Waals surface area (Å²) in [7, 11) is -3.57. The average molecular weight is 512 g/mol. The first-order chi connectivity index (χ1) is 16.8. The topological polar surface area (TPSA) is 97.5 Å². The van der Waals surface area contributed by atoms with Crippen LogP contribution in [-0.2, 0) is 14.8 Å². The summed E-state index contributed by atoms with van der Waals surface area (Å²) in [6.07, 6.45) is 1.62. The van der Waals surface area contributed by atoms with Gasteiger partial charge in [0.05, 0.1) is 34.4 Å². The molecule has 2 aromatic heterocycles. The second-order valence-electron chi connectivity index (χ2n) is 8.01. The van der Waals surface area contributed by atoms with E-state index in [1.165, 1.54) is 8.99 Å². The number of ether oxygens (including phenoxy) is 1. The van der Waals surface area contributed by atoms with Gasteiger partial charge in [0.1, 0.15) is 11.5 Å². The van der Waals surface area contributed by atoms with Crippen molar-refractivity contribution in [1.29, 1.82) is 0 Å². The molecule has 8 nitrogen and oxygen atoms in total. The molecular formula is C25H22ClN3O5S. The number of aromatic nitrogens is 2. The number of rotatable bonds is 5. The number of benzene rings is 2. The van der Waals surface area contributed by atoms with E-state index in [1.54, 1.807) is 66.7 Å². The highest BCUT2D eigenvalue weighted by atomic mass is 35.5. The van der Waals surface area contributed by atoms with E-state index in [1.807, 2.05) is 0 Å². The number of morpholine rings is 1. The summed E-state index contributed by atoms with van der Waals surface area (Å²) in [5.74, 6) is 1.01. The second-order valence-corrected chi connectivity index (χ2v) is 10.4. The average Bonchev–Trinajstić information content (AvgIpc) is 3.45. The molecule has 1 aliphatic rings. The lowest BCUT2D eigenvalue weighted by Gasteiger charge is -2.26. The van der Waals surface area contributed by atoms with E-state index in [0.29, 0.717) is 64.7 Å². The molecule has 10 heteroatoms. The van der Waals surface area contributed by atoms with Crippen LogP contribution in [0.2, 0.25) is 5.02 Å². The van der Waals surface area contributed by atoms with Gasteiger partial charge in [-0.1, -0.05) is 18.2 Å². The van der Waals surface area contributed by atoms with Crippen molar-refractivity contribution in [2.45, 2.75) is 4.90 Å². The van der Waals surface area contributed by atoms with Crippen molar-refractivity contribution in [2.24, 2.45) is 0 Å². The Kier molecular flexibility index (Phi) is 6.24. The zero-order valence-electron chi connectivity index (χ0n) is 18.6. The lowest BCUT2D eigenvalue weighted by Crippen LogP contribution is -2.40. The first kappa shape index (κ1) is 23.4. The summed E-state index contributed by atoms with van der Waals surface area (Å²) in [5, 5.41) is 4.35. The molecule has 180 valence electrons.